The highest BCUT2D eigenvalue weighted by molar-refractivity contribution is 5.68. The predicted molar refractivity (Wildman–Crippen MR) is 136 cm³/mol. The molecule has 1 N–H and O–H groups in total. The van der Waals surface area contributed by atoms with Crippen molar-refractivity contribution in [2.24, 2.45) is 0 Å². The zero-order chi connectivity index (χ0) is 24.8. The Morgan fingerprint density at radius 2 is 1.63 bits per heavy atom. The summed E-state index contributed by atoms with van der Waals surface area (Å²) in [6.07, 6.45) is 0.423. The maximum absolute atomic E-state index is 10.1. The topological polar surface area (TPSA) is 76.9 Å². The highest BCUT2D eigenvalue weighted by Crippen LogP contribution is 2.32. The van der Waals surface area contributed by atoms with Crippen LogP contribution in [-0.2, 0) is 13.2 Å². The zero-order valence-corrected chi connectivity index (χ0v) is 21.0. The molecule has 2 aromatic carbocycles. The lowest BCUT2D eigenvalue weighted by Gasteiger charge is -2.23. The maximum atomic E-state index is 10.1. The Morgan fingerprint density at radius 1 is 0.943 bits per heavy atom. The fraction of sp³-hybridized carbons (Fsp3) is 0.429. The summed E-state index contributed by atoms with van der Waals surface area (Å²) in [5.74, 6) is 0.925. The Labute approximate surface area is 207 Å². The first-order valence-corrected chi connectivity index (χ1v) is 12.3. The molecule has 35 heavy (non-hydrogen) atoms. The van der Waals surface area contributed by atoms with Crippen LogP contribution in [0.2, 0.25) is 0 Å². The van der Waals surface area contributed by atoms with Crippen LogP contribution in [-0.4, -0.2) is 51.9 Å². The Morgan fingerprint density at radius 3 is 2.23 bits per heavy atom. The third kappa shape index (κ3) is 5.92. The highest BCUT2D eigenvalue weighted by Gasteiger charge is 2.30. The van der Waals surface area contributed by atoms with E-state index in [1.807, 2.05) is 38.1 Å². The summed E-state index contributed by atoms with van der Waals surface area (Å²) in [6.45, 7) is 10.5. The van der Waals surface area contributed by atoms with Crippen LogP contribution in [0.1, 0.15) is 43.9 Å². The van der Waals surface area contributed by atoms with Crippen molar-refractivity contribution in [3.63, 3.8) is 0 Å². The minimum Gasteiger partial charge on any atom is -0.477 e. The maximum Gasteiger partial charge on any atom is 0.323 e. The number of β-amino-alcohol motifs (C(OH)–C–C–N with tert-alkyl or cyclic N) is 1. The van der Waals surface area contributed by atoms with Crippen molar-refractivity contribution in [3.05, 3.63) is 65.2 Å². The Hall–Kier alpha value is -3.16. The Kier molecular flexibility index (Phi) is 8.21. The Bertz CT molecular complexity index is 1100. The molecule has 7 heteroatoms. The normalized spacial score (nSPS) is 18.0. The summed E-state index contributed by atoms with van der Waals surface area (Å²) >= 11 is 0. The minimum atomic E-state index is -0.325. The van der Waals surface area contributed by atoms with E-state index in [2.05, 4.69) is 53.0 Å². The number of hydrogen-bond donors (Lipinski definition) is 1. The number of hydrogen-bond acceptors (Lipinski definition) is 7. The Balaban J connectivity index is 1.58. The first-order valence-electron chi connectivity index (χ1n) is 12.3. The molecule has 0 unspecified atom stereocenters. The first kappa shape index (κ1) is 24.9. The molecule has 1 fully saturated rings. The lowest BCUT2D eigenvalue weighted by molar-refractivity contribution is 0.170. The largest absolute Gasteiger partial charge is 0.477 e. The van der Waals surface area contributed by atoms with Gasteiger partial charge >= 0.3 is 6.01 Å². The van der Waals surface area contributed by atoms with Gasteiger partial charge in [0.15, 0.2) is 0 Å². The molecular formula is C28H35N3O4. The summed E-state index contributed by atoms with van der Waals surface area (Å²) in [7, 11) is 0. The molecule has 2 heterocycles. The van der Waals surface area contributed by atoms with Crippen LogP contribution in [0.3, 0.4) is 0 Å². The second-order valence-electron chi connectivity index (χ2n) is 8.87. The van der Waals surface area contributed by atoms with Gasteiger partial charge < -0.3 is 19.3 Å². The molecule has 2 atom stereocenters. The average molecular weight is 478 g/mol. The van der Waals surface area contributed by atoms with Crippen LogP contribution >= 0.6 is 0 Å². The molecule has 0 amide bonds. The third-order valence-corrected chi connectivity index (χ3v) is 6.40. The second kappa shape index (κ2) is 11.5. The van der Waals surface area contributed by atoms with E-state index in [0.29, 0.717) is 44.7 Å². The molecule has 1 saturated heterocycles. The predicted octanol–water partition coefficient (Wildman–Crippen LogP) is 4.78. The molecule has 3 aromatic rings. The molecule has 0 saturated carbocycles. The van der Waals surface area contributed by atoms with E-state index < -0.39 is 0 Å². The summed E-state index contributed by atoms with van der Waals surface area (Å²) in [5.41, 5.74) is 5.35. The number of ether oxygens (including phenoxy) is 3. The monoisotopic (exact) mass is 477 g/mol. The van der Waals surface area contributed by atoms with Crippen molar-refractivity contribution in [3.8, 4) is 28.9 Å². The van der Waals surface area contributed by atoms with Crippen molar-refractivity contribution in [2.75, 3.05) is 19.8 Å². The van der Waals surface area contributed by atoms with E-state index in [1.165, 1.54) is 11.1 Å². The van der Waals surface area contributed by atoms with Gasteiger partial charge in [0, 0.05) is 19.1 Å². The summed E-state index contributed by atoms with van der Waals surface area (Å²) in [4.78, 5) is 11.4. The summed E-state index contributed by atoms with van der Waals surface area (Å²) in [6, 6.07) is 17.0. The summed E-state index contributed by atoms with van der Waals surface area (Å²) in [5, 5.41) is 10.1. The van der Waals surface area contributed by atoms with Crippen LogP contribution in [0.4, 0.5) is 0 Å². The third-order valence-electron chi connectivity index (χ3n) is 6.40. The number of aliphatic hydroxyl groups is 1. The van der Waals surface area contributed by atoms with Crippen molar-refractivity contribution >= 4 is 0 Å². The van der Waals surface area contributed by atoms with E-state index in [0.717, 1.165) is 23.1 Å². The van der Waals surface area contributed by atoms with Gasteiger partial charge in [-0.3, -0.25) is 4.90 Å². The van der Waals surface area contributed by atoms with Gasteiger partial charge in [-0.2, -0.15) is 9.97 Å². The molecule has 1 aliphatic rings. The van der Waals surface area contributed by atoms with Crippen LogP contribution < -0.4 is 14.2 Å². The minimum absolute atomic E-state index is 0.222. The quantitative estimate of drug-likeness (QED) is 0.450. The van der Waals surface area contributed by atoms with Gasteiger partial charge in [-0.25, -0.2) is 0 Å². The van der Waals surface area contributed by atoms with Gasteiger partial charge in [-0.05, 0) is 56.4 Å². The van der Waals surface area contributed by atoms with Crippen molar-refractivity contribution in [2.45, 2.75) is 59.4 Å². The zero-order valence-electron chi connectivity index (χ0n) is 21.0. The fourth-order valence-electron chi connectivity index (χ4n) is 4.54. The number of aliphatic hydroxyl groups excluding tert-OH is 1. The molecule has 186 valence electrons. The molecular weight excluding hydrogens is 442 g/mol. The van der Waals surface area contributed by atoms with Gasteiger partial charge in [0.25, 0.3) is 0 Å². The molecule has 1 aromatic heterocycles. The van der Waals surface area contributed by atoms with Crippen LogP contribution in [0.15, 0.2) is 48.5 Å². The number of rotatable bonds is 10. The van der Waals surface area contributed by atoms with Gasteiger partial charge in [0.2, 0.25) is 11.8 Å². The van der Waals surface area contributed by atoms with E-state index in [-0.39, 0.29) is 18.2 Å². The van der Waals surface area contributed by atoms with Gasteiger partial charge in [0.05, 0.1) is 24.9 Å². The van der Waals surface area contributed by atoms with E-state index in [1.54, 1.807) is 0 Å². The standard InChI is InChI=1S/C28H35N3O4/c1-5-33-26-25(17-31-16-23(32)15-19(31)3)27(34-6-2)30-28(29-26)35-18-22-13-10-14-24(20(22)4)21-11-8-7-9-12-21/h7-14,19,23,32H,5-6,15-18H2,1-4H3/t19-,23-/m1/s1. The number of benzene rings is 2. The molecule has 0 spiro atoms. The smallest absolute Gasteiger partial charge is 0.323 e. The van der Waals surface area contributed by atoms with E-state index in [4.69, 9.17) is 14.2 Å². The molecule has 4 rings (SSSR count). The first-order chi connectivity index (χ1) is 17.0. The SMILES string of the molecule is CCOc1nc(OCc2cccc(-c3ccccc3)c2C)nc(OCC)c1CN1C[C@H](O)C[C@H]1C. The number of likely N-dealkylation sites (tertiary alicyclic amines) is 1. The van der Waals surface area contributed by atoms with Crippen LogP contribution in [0.25, 0.3) is 11.1 Å². The van der Waals surface area contributed by atoms with E-state index >= 15 is 0 Å². The highest BCUT2D eigenvalue weighted by atomic mass is 16.5. The van der Waals surface area contributed by atoms with Crippen LogP contribution in [0.5, 0.6) is 17.8 Å². The number of aromatic nitrogens is 2. The average Bonchev–Trinajstić information content (AvgIpc) is 3.17. The number of nitrogens with zero attached hydrogens (tertiary/aromatic N) is 3. The lowest BCUT2D eigenvalue weighted by atomic mass is 9.97. The van der Waals surface area contributed by atoms with Crippen molar-refractivity contribution in [1.82, 2.24) is 14.9 Å². The molecule has 0 radical (unpaired) electrons. The molecule has 0 aliphatic carbocycles. The van der Waals surface area contributed by atoms with Crippen molar-refractivity contribution in [1.29, 1.82) is 0 Å². The molecule has 1 aliphatic heterocycles. The fourth-order valence-corrected chi connectivity index (χ4v) is 4.54. The van der Waals surface area contributed by atoms with Gasteiger partial charge in [-0.1, -0.05) is 48.5 Å². The van der Waals surface area contributed by atoms with Gasteiger partial charge in [-0.15, -0.1) is 0 Å². The molecule has 0 bridgehead atoms. The van der Waals surface area contributed by atoms with Crippen molar-refractivity contribution < 1.29 is 19.3 Å². The summed E-state index contributed by atoms with van der Waals surface area (Å²) < 4.78 is 17.8. The van der Waals surface area contributed by atoms with Gasteiger partial charge in [0.1, 0.15) is 6.61 Å². The lowest BCUT2D eigenvalue weighted by Crippen LogP contribution is -2.28. The van der Waals surface area contributed by atoms with E-state index in [9.17, 15) is 5.11 Å². The van der Waals surface area contributed by atoms with Crippen LogP contribution in [0, 0.1) is 6.92 Å². The second-order valence-corrected chi connectivity index (χ2v) is 8.87. The molecule has 7 nitrogen and oxygen atoms in total.